The molecule has 6 heteroatoms. The van der Waals surface area contributed by atoms with Gasteiger partial charge in [-0.3, -0.25) is 9.48 Å². The van der Waals surface area contributed by atoms with Gasteiger partial charge in [0, 0.05) is 20.6 Å². The van der Waals surface area contributed by atoms with E-state index in [0.717, 1.165) is 5.56 Å². The Morgan fingerprint density at radius 2 is 2.26 bits per heavy atom. The Balaban J connectivity index is 2.16. The SMILES string of the molecule is CN(Cc1cccc(O)c1)C(=O)c1c(N)cnn1C. The van der Waals surface area contributed by atoms with Crippen LogP contribution in [0.1, 0.15) is 16.1 Å². The Morgan fingerprint density at radius 1 is 1.53 bits per heavy atom. The number of carbonyl (C=O) groups is 1. The molecule has 0 saturated carbocycles. The van der Waals surface area contributed by atoms with Crippen LogP contribution in [-0.4, -0.2) is 32.7 Å². The fraction of sp³-hybridized carbons (Fsp3) is 0.231. The zero-order valence-corrected chi connectivity index (χ0v) is 10.9. The highest BCUT2D eigenvalue weighted by molar-refractivity contribution is 5.97. The van der Waals surface area contributed by atoms with Gasteiger partial charge >= 0.3 is 0 Å². The summed E-state index contributed by atoms with van der Waals surface area (Å²) >= 11 is 0. The van der Waals surface area contributed by atoms with Gasteiger partial charge in [-0.1, -0.05) is 12.1 Å². The number of carbonyl (C=O) groups excluding carboxylic acids is 1. The Hall–Kier alpha value is -2.50. The fourth-order valence-corrected chi connectivity index (χ4v) is 1.90. The van der Waals surface area contributed by atoms with Crippen LogP contribution in [0.5, 0.6) is 5.75 Å². The molecule has 0 spiro atoms. The molecule has 0 aliphatic carbocycles. The van der Waals surface area contributed by atoms with Gasteiger partial charge in [0.1, 0.15) is 11.4 Å². The van der Waals surface area contributed by atoms with Gasteiger partial charge in [0.15, 0.2) is 0 Å². The van der Waals surface area contributed by atoms with Crippen LogP contribution in [0.2, 0.25) is 0 Å². The summed E-state index contributed by atoms with van der Waals surface area (Å²) in [5.41, 5.74) is 7.29. The van der Waals surface area contributed by atoms with Gasteiger partial charge in [-0.2, -0.15) is 5.10 Å². The largest absolute Gasteiger partial charge is 0.508 e. The van der Waals surface area contributed by atoms with E-state index in [1.54, 1.807) is 32.3 Å². The molecule has 0 saturated heterocycles. The van der Waals surface area contributed by atoms with Crippen LogP contribution in [-0.2, 0) is 13.6 Å². The summed E-state index contributed by atoms with van der Waals surface area (Å²) in [5, 5.41) is 13.3. The lowest BCUT2D eigenvalue weighted by Gasteiger charge is -2.17. The number of amides is 1. The van der Waals surface area contributed by atoms with Crippen LogP contribution >= 0.6 is 0 Å². The molecule has 0 aliphatic rings. The average Bonchev–Trinajstić information content (AvgIpc) is 2.68. The highest BCUT2D eigenvalue weighted by Gasteiger charge is 2.19. The summed E-state index contributed by atoms with van der Waals surface area (Å²) in [7, 11) is 3.35. The molecule has 0 unspecified atom stereocenters. The normalized spacial score (nSPS) is 10.4. The van der Waals surface area contributed by atoms with Gasteiger partial charge in [0.05, 0.1) is 11.9 Å². The minimum Gasteiger partial charge on any atom is -0.508 e. The van der Waals surface area contributed by atoms with Crippen LogP contribution in [0.15, 0.2) is 30.5 Å². The van der Waals surface area contributed by atoms with Crippen LogP contribution in [0.3, 0.4) is 0 Å². The van der Waals surface area contributed by atoms with Crippen LogP contribution in [0.25, 0.3) is 0 Å². The Labute approximate surface area is 111 Å². The van der Waals surface area contributed by atoms with Gasteiger partial charge in [-0.25, -0.2) is 0 Å². The Kier molecular flexibility index (Phi) is 3.41. The van der Waals surface area contributed by atoms with Gasteiger partial charge in [0.2, 0.25) is 0 Å². The molecule has 0 fully saturated rings. The lowest BCUT2D eigenvalue weighted by atomic mass is 10.2. The molecule has 2 aromatic rings. The maximum Gasteiger partial charge on any atom is 0.274 e. The Bertz CT molecular complexity index is 587. The average molecular weight is 260 g/mol. The van der Waals surface area contributed by atoms with E-state index in [1.165, 1.54) is 15.8 Å². The lowest BCUT2D eigenvalue weighted by molar-refractivity contribution is 0.0775. The highest BCUT2D eigenvalue weighted by Crippen LogP contribution is 2.16. The second-order valence-electron chi connectivity index (χ2n) is 4.40. The van der Waals surface area contributed by atoms with Crippen LogP contribution in [0, 0.1) is 0 Å². The predicted molar refractivity (Wildman–Crippen MR) is 71.5 cm³/mol. The first kappa shape index (κ1) is 12.9. The van der Waals surface area contributed by atoms with Crippen molar-refractivity contribution in [3.63, 3.8) is 0 Å². The molecule has 19 heavy (non-hydrogen) atoms. The number of rotatable bonds is 3. The number of aromatic nitrogens is 2. The number of aryl methyl sites for hydroxylation is 1. The molecule has 1 aromatic carbocycles. The van der Waals surface area contributed by atoms with E-state index in [2.05, 4.69) is 5.10 Å². The van der Waals surface area contributed by atoms with E-state index in [4.69, 9.17) is 5.73 Å². The van der Waals surface area contributed by atoms with E-state index in [0.29, 0.717) is 17.9 Å². The summed E-state index contributed by atoms with van der Waals surface area (Å²) in [6.07, 6.45) is 1.45. The monoisotopic (exact) mass is 260 g/mol. The van der Waals surface area contributed by atoms with Crippen molar-refractivity contribution >= 4 is 11.6 Å². The first-order valence-electron chi connectivity index (χ1n) is 5.80. The molecule has 1 heterocycles. The maximum atomic E-state index is 12.3. The van der Waals surface area contributed by atoms with E-state index in [1.807, 2.05) is 6.07 Å². The van der Waals surface area contributed by atoms with E-state index < -0.39 is 0 Å². The maximum absolute atomic E-state index is 12.3. The molecule has 0 radical (unpaired) electrons. The number of phenolic OH excluding ortho intramolecular Hbond substituents is 1. The van der Waals surface area contributed by atoms with Crippen molar-refractivity contribution in [1.82, 2.24) is 14.7 Å². The fourth-order valence-electron chi connectivity index (χ4n) is 1.90. The molecule has 0 atom stereocenters. The van der Waals surface area contributed by atoms with Crippen molar-refractivity contribution in [2.75, 3.05) is 12.8 Å². The van der Waals surface area contributed by atoms with Crippen LogP contribution < -0.4 is 5.73 Å². The summed E-state index contributed by atoms with van der Waals surface area (Å²) in [6, 6.07) is 6.79. The number of anilines is 1. The van der Waals surface area contributed by atoms with Crippen molar-refractivity contribution in [3.8, 4) is 5.75 Å². The van der Waals surface area contributed by atoms with E-state index in [-0.39, 0.29) is 11.7 Å². The number of hydrogen-bond acceptors (Lipinski definition) is 4. The second-order valence-corrected chi connectivity index (χ2v) is 4.40. The summed E-state index contributed by atoms with van der Waals surface area (Å²) in [5.74, 6) is -0.0285. The smallest absolute Gasteiger partial charge is 0.274 e. The third-order valence-electron chi connectivity index (χ3n) is 2.85. The standard InChI is InChI=1S/C13H16N4O2/c1-16(8-9-4-3-5-10(18)6-9)13(19)12-11(14)7-15-17(12)2/h3-7,18H,8,14H2,1-2H3. The minimum absolute atomic E-state index is 0.179. The summed E-state index contributed by atoms with van der Waals surface area (Å²) < 4.78 is 1.45. The topological polar surface area (TPSA) is 84.4 Å². The van der Waals surface area contributed by atoms with Gasteiger partial charge in [-0.15, -0.1) is 0 Å². The molecule has 100 valence electrons. The lowest BCUT2D eigenvalue weighted by Crippen LogP contribution is -2.28. The number of nitrogens with two attached hydrogens (primary N) is 1. The quantitative estimate of drug-likeness (QED) is 0.861. The molecule has 3 N–H and O–H groups in total. The molecule has 0 bridgehead atoms. The number of nitrogens with zero attached hydrogens (tertiary/aromatic N) is 3. The molecule has 1 aromatic heterocycles. The van der Waals surface area contributed by atoms with E-state index in [9.17, 15) is 9.90 Å². The molecule has 1 amide bonds. The summed E-state index contributed by atoms with van der Waals surface area (Å²) in [6.45, 7) is 0.387. The molecule has 6 nitrogen and oxygen atoms in total. The number of nitrogen functional groups attached to an aromatic ring is 1. The third-order valence-corrected chi connectivity index (χ3v) is 2.85. The molecule has 0 aliphatic heterocycles. The third kappa shape index (κ3) is 2.67. The zero-order valence-electron chi connectivity index (χ0n) is 10.9. The van der Waals surface area contributed by atoms with Crippen molar-refractivity contribution in [3.05, 3.63) is 41.7 Å². The summed E-state index contributed by atoms with van der Waals surface area (Å²) in [4.78, 5) is 13.8. The first-order chi connectivity index (χ1) is 8.99. The highest BCUT2D eigenvalue weighted by atomic mass is 16.3. The number of hydrogen-bond donors (Lipinski definition) is 2. The number of phenols is 1. The van der Waals surface area contributed by atoms with E-state index >= 15 is 0 Å². The molecule has 2 rings (SSSR count). The van der Waals surface area contributed by atoms with Crippen molar-refractivity contribution < 1.29 is 9.90 Å². The van der Waals surface area contributed by atoms with Crippen molar-refractivity contribution in [2.24, 2.45) is 7.05 Å². The molecular weight excluding hydrogens is 244 g/mol. The van der Waals surface area contributed by atoms with Crippen molar-refractivity contribution in [2.45, 2.75) is 6.54 Å². The first-order valence-corrected chi connectivity index (χ1v) is 5.80. The zero-order chi connectivity index (χ0) is 14.0. The second kappa shape index (κ2) is 5.01. The number of benzene rings is 1. The van der Waals surface area contributed by atoms with Crippen LogP contribution in [0.4, 0.5) is 5.69 Å². The van der Waals surface area contributed by atoms with Crippen molar-refractivity contribution in [1.29, 1.82) is 0 Å². The predicted octanol–water partition coefficient (Wildman–Crippen LogP) is 0.980. The number of aromatic hydroxyl groups is 1. The Morgan fingerprint density at radius 3 is 2.84 bits per heavy atom. The van der Waals surface area contributed by atoms with Gasteiger partial charge in [0.25, 0.3) is 5.91 Å². The minimum atomic E-state index is -0.208. The van der Waals surface area contributed by atoms with Gasteiger partial charge in [-0.05, 0) is 17.7 Å². The van der Waals surface area contributed by atoms with Gasteiger partial charge < -0.3 is 15.7 Å². The molecular formula is C13H16N4O2.